The van der Waals surface area contributed by atoms with Crippen LogP contribution in [-0.2, 0) is 16.1 Å². The molecule has 1 heterocycles. The summed E-state index contributed by atoms with van der Waals surface area (Å²) >= 11 is 12.0. The van der Waals surface area contributed by atoms with Crippen molar-refractivity contribution < 1.29 is 9.63 Å². The summed E-state index contributed by atoms with van der Waals surface area (Å²) in [6.07, 6.45) is 4.66. The number of rotatable bonds is 7. The molecule has 0 saturated carbocycles. The van der Waals surface area contributed by atoms with Gasteiger partial charge in [0.2, 0.25) is 0 Å². The molecule has 0 aliphatic carbocycles. The van der Waals surface area contributed by atoms with Gasteiger partial charge < -0.3 is 4.84 Å². The normalized spacial score (nSPS) is 11.4. The van der Waals surface area contributed by atoms with Gasteiger partial charge in [0.05, 0.1) is 15.8 Å². The maximum Gasteiger partial charge on any atom is 0.137 e. The minimum absolute atomic E-state index is 0.117. The van der Waals surface area contributed by atoms with E-state index in [0.29, 0.717) is 35.0 Å². The third kappa shape index (κ3) is 5.32. The third-order valence-electron chi connectivity index (χ3n) is 3.43. The molecule has 2 aromatic rings. The molecule has 1 aromatic carbocycles. The lowest BCUT2D eigenvalue weighted by Crippen LogP contribution is -2.09. The Morgan fingerprint density at radius 3 is 2.62 bits per heavy atom. The second kappa shape index (κ2) is 8.81. The van der Waals surface area contributed by atoms with Crippen LogP contribution in [0.5, 0.6) is 0 Å². The minimum atomic E-state index is 0.117. The van der Waals surface area contributed by atoms with Crippen molar-refractivity contribution in [3.8, 4) is 0 Å². The molecule has 126 valence electrons. The molecule has 0 radical (unpaired) electrons. The summed E-state index contributed by atoms with van der Waals surface area (Å²) < 4.78 is 0. The molecule has 1 aromatic heterocycles. The van der Waals surface area contributed by atoms with Gasteiger partial charge in [0.1, 0.15) is 12.9 Å². The Labute approximate surface area is 151 Å². The number of oxime groups is 1. The molecule has 0 bridgehead atoms. The summed E-state index contributed by atoms with van der Waals surface area (Å²) in [6, 6.07) is 7.19. The first-order chi connectivity index (χ1) is 11.5. The van der Waals surface area contributed by atoms with Crippen LogP contribution in [-0.4, -0.2) is 23.6 Å². The number of hydrogen-bond donors (Lipinski definition) is 0. The summed E-state index contributed by atoms with van der Waals surface area (Å²) in [6.45, 7) is 1.95. The molecule has 0 N–H and O–H groups in total. The van der Waals surface area contributed by atoms with Crippen molar-refractivity contribution in [2.24, 2.45) is 5.16 Å². The molecule has 0 fully saturated rings. The van der Waals surface area contributed by atoms with E-state index in [9.17, 15) is 4.79 Å². The van der Waals surface area contributed by atoms with Crippen LogP contribution in [0.3, 0.4) is 0 Å². The molecule has 0 spiro atoms. The first-order valence-corrected chi connectivity index (χ1v) is 8.23. The fraction of sp³-hybridized carbons (Fsp3) is 0.278. The molecule has 4 nitrogen and oxygen atoms in total. The highest BCUT2D eigenvalue weighted by atomic mass is 35.5. The van der Waals surface area contributed by atoms with Crippen molar-refractivity contribution in [3.63, 3.8) is 0 Å². The molecule has 0 aliphatic rings. The molecule has 0 unspecified atom stereocenters. The first-order valence-electron chi connectivity index (χ1n) is 7.47. The molecular formula is C18H18Cl2N2O2. The zero-order chi connectivity index (χ0) is 17.5. The number of ketones is 1. The highest BCUT2D eigenvalue weighted by Crippen LogP contribution is 2.24. The van der Waals surface area contributed by atoms with E-state index in [1.807, 2.05) is 13.0 Å². The smallest absolute Gasteiger partial charge is 0.137 e. The van der Waals surface area contributed by atoms with Gasteiger partial charge in [0.15, 0.2) is 0 Å². The number of benzene rings is 1. The molecule has 0 atom stereocenters. The Hall–Kier alpha value is -1.91. The lowest BCUT2D eigenvalue weighted by Gasteiger charge is -2.07. The van der Waals surface area contributed by atoms with Crippen LogP contribution in [0.4, 0.5) is 0 Å². The fourth-order valence-corrected chi connectivity index (χ4v) is 2.61. The van der Waals surface area contributed by atoms with E-state index in [0.717, 1.165) is 16.7 Å². The summed E-state index contributed by atoms with van der Waals surface area (Å²) in [5, 5.41) is 4.92. The Bertz CT molecular complexity index is 760. The van der Waals surface area contributed by atoms with Gasteiger partial charge in [-0.2, -0.15) is 0 Å². The number of aryl methyl sites for hydroxylation is 1. The van der Waals surface area contributed by atoms with E-state index in [1.54, 1.807) is 30.6 Å². The fourth-order valence-electron chi connectivity index (χ4n) is 2.32. The number of Topliss-reactive ketones (excluding diaryl/α,β-unsaturated/α-hetero) is 1. The maximum absolute atomic E-state index is 12.2. The van der Waals surface area contributed by atoms with E-state index in [1.165, 1.54) is 7.11 Å². The standard InChI is InChI=1S/C18H18Cl2N2O2/c1-12-7-13(11-21-10-12)8-15(23)4-6-18(22-24-2)14-3-5-16(19)17(20)9-14/h3,5,7,9-11H,4,6,8H2,1-2H3/b22-18+. The van der Waals surface area contributed by atoms with Crippen molar-refractivity contribution in [3.05, 3.63) is 63.4 Å². The van der Waals surface area contributed by atoms with Crippen molar-refractivity contribution in [1.82, 2.24) is 4.98 Å². The van der Waals surface area contributed by atoms with Crippen LogP contribution < -0.4 is 0 Å². The highest BCUT2D eigenvalue weighted by Gasteiger charge is 2.11. The van der Waals surface area contributed by atoms with Crippen molar-refractivity contribution >= 4 is 34.7 Å². The average Bonchev–Trinajstić information content (AvgIpc) is 2.54. The Kier molecular flexibility index (Phi) is 6.76. The van der Waals surface area contributed by atoms with Crippen LogP contribution in [0.2, 0.25) is 10.0 Å². The number of hydrogen-bond acceptors (Lipinski definition) is 4. The minimum Gasteiger partial charge on any atom is -0.399 e. The number of carbonyl (C=O) groups is 1. The van der Waals surface area contributed by atoms with Crippen LogP contribution in [0.15, 0.2) is 41.8 Å². The number of carbonyl (C=O) groups excluding carboxylic acids is 1. The van der Waals surface area contributed by atoms with Crippen LogP contribution in [0, 0.1) is 6.92 Å². The monoisotopic (exact) mass is 364 g/mol. The summed E-state index contributed by atoms with van der Waals surface area (Å²) in [4.78, 5) is 21.2. The Morgan fingerprint density at radius 1 is 1.17 bits per heavy atom. The lowest BCUT2D eigenvalue weighted by atomic mass is 10.0. The number of nitrogens with zero attached hydrogens (tertiary/aromatic N) is 2. The molecular weight excluding hydrogens is 347 g/mol. The quantitative estimate of drug-likeness (QED) is 0.531. The zero-order valence-electron chi connectivity index (χ0n) is 13.6. The Morgan fingerprint density at radius 2 is 1.96 bits per heavy atom. The second-order valence-corrected chi connectivity index (χ2v) is 6.25. The predicted molar refractivity (Wildman–Crippen MR) is 96.9 cm³/mol. The SMILES string of the molecule is CO/N=C(\CCC(=O)Cc1cncc(C)c1)c1ccc(Cl)c(Cl)c1. The van der Waals surface area contributed by atoms with Gasteiger partial charge in [0, 0.05) is 37.2 Å². The van der Waals surface area contributed by atoms with Crippen LogP contribution in [0.1, 0.15) is 29.5 Å². The second-order valence-electron chi connectivity index (χ2n) is 5.44. The number of aromatic nitrogens is 1. The number of halogens is 2. The molecule has 0 amide bonds. The largest absolute Gasteiger partial charge is 0.399 e. The predicted octanol–water partition coefficient (Wildman–Crippen LogP) is 4.64. The summed E-state index contributed by atoms with van der Waals surface area (Å²) in [7, 11) is 1.47. The molecule has 6 heteroatoms. The number of pyridine rings is 1. The average molecular weight is 365 g/mol. The van der Waals surface area contributed by atoms with Gasteiger partial charge in [-0.25, -0.2) is 0 Å². The van der Waals surface area contributed by atoms with Crippen molar-refractivity contribution in [2.45, 2.75) is 26.2 Å². The van der Waals surface area contributed by atoms with Gasteiger partial charge in [-0.1, -0.05) is 40.5 Å². The van der Waals surface area contributed by atoms with Gasteiger partial charge in [-0.3, -0.25) is 9.78 Å². The molecule has 2 rings (SSSR count). The molecule has 0 saturated heterocycles. The van der Waals surface area contributed by atoms with E-state index in [-0.39, 0.29) is 5.78 Å². The van der Waals surface area contributed by atoms with E-state index in [2.05, 4.69) is 10.1 Å². The summed E-state index contributed by atoms with van der Waals surface area (Å²) in [5.74, 6) is 0.117. The topological polar surface area (TPSA) is 51.5 Å². The molecule has 0 aliphatic heterocycles. The van der Waals surface area contributed by atoms with E-state index < -0.39 is 0 Å². The Balaban J connectivity index is 2.02. The van der Waals surface area contributed by atoms with Crippen molar-refractivity contribution in [1.29, 1.82) is 0 Å². The van der Waals surface area contributed by atoms with Crippen LogP contribution >= 0.6 is 23.2 Å². The van der Waals surface area contributed by atoms with Gasteiger partial charge in [-0.05, 0) is 30.2 Å². The van der Waals surface area contributed by atoms with Crippen LogP contribution in [0.25, 0.3) is 0 Å². The van der Waals surface area contributed by atoms with Crippen molar-refractivity contribution in [2.75, 3.05) is 7.11 Å². The first kappa shape index (κ1) is 18.4. The van der Waals surface area contributed by atoms with Gasteiger partial charge in [-0.15, -0.1) is 0 Å². The highest BCUT2D eigenvalue weighted by molar-refractivity contribution is 6.42. The lowest BCUT2D eigenvalue weighted by molar-refractivity contribution is -0.118. The summed E-state index contributed by atoms with van der Waals surface area (Å²) in [5.41, 5.74) is 3.40. The molecule has 24 heavy (non-hydrogen) atoms. The van der Waals surface area contributed by atoms with Gasteiger partial charge >= 0.3 is 0 Å². The zero-order valence-corrected chi connectivity index (χ0v) is 15.1. The van der Waals surface area contributed by atoms with Gasteiger partial charge in [0.25, 0.3) is 0 Å². The maximum atomic E-state index is 12.2. The van der Waals surface area contributed by atoms with E-state index in [4.69, 9.17) is 28.0 Å². The third-order valence-corrected chi connectivity index (χ3v) is 4.17. The van der Waals surface area contributed by atoms with E-state index >= 15 is 0 Å².